The summed E-state index contributed by atoms with van der Waals surface area (Å²) >= 11 is 0. The topological polar surface area (TPSA) is 18.5 Å². The molecule has 0 aromatic carbocycles. The maximum atomic E-state index is 7.06. The van der Waals surface area contributed by atoms with Gasteiger partial charge < -0.3 is 8.23 Å². The molecular formula is C12H36O2Si6. The average molecular weight is 381 g/mol. The summed E-state index contributed by atoms with van der Waals surface area (Å²) in [4.78, 5) is 0. The summed E-state index contributed by atoms with van der Waals surface area (Å²) in [7, 11) is -9.34. The third-order valence-corrected chi connectivity index (χ3v) is 91.4. The highest BCUT2D eigenvalue weighted by Crippen LogP contribution is 2.42. The fourth-order valence-electron chi connectivity index (χ4n) is 3.28. The first-order valence-corrected chi connectivity index (χ1v) is 29.4. The second-order valence-corrected chi connectivity index (χ2v) is 62.2. The molecule has 1 rings (SSSR count). The lowest BCUT2D eigenvalue weighted by molar-refractivity contribution is 0.532. The van der Waals surface area contributed by atoms with Crippen LogP contribution in [0.4, 0.5) is 0 Å². The van der Waals surface area contributed by atoms with Crippen molar-refractivity contribution < 1.29 is 8.23 Å². The van der Waals surface area contributed by atoms with Gasteiger partial charge in [-0.3, -0.25) is 0 Å². The second-order valence-electron chi connectivity index (χ2n) is 9.50. The zero-order chi connectivity index (χ0) is 16.4. The first kappa shape index (κ1) is 19.3. The van der Waals surface area contributed by atoms with E-state index in [4.69, 9.17) is 8.23 Å². The van der Waals surface area contributed by atoms with Crippen LogP contribution in [0.1, 0.15) is 0 Å². The molecule has 1 saturated heterocycles. The molecule has 0 aliphatic carbocycles. The van der Waals surface area contributed by atoms with Crippen molar-refractivity contribution in [3.05, 3.63) is 0 Å². The van der Waals surface area contributed by atoms with Crippen LogP contribution in [0.5, 0.6) is 0 Å². The summed E-state index contributed by atoms with van der Waals surface area (Å²) < 4.78 is 14.1. The monoisotopic (exact) mass is 380 g/mol. The third-order valence-electron chi connectivity index (χ3n) is 7.04. The summed E-state index contributed by atoms with van der Waals surface area (Å²) in [6.45, 7) is 30.4. The van der Waals surface area contributed by atoms with E-state index < -0.39 is 45.6 Å². The lowest BCUT2D eigenvalue weighted by Gasteiger charge is -2.61. The third kappa shape index (κ3) is 2.63. The lowest BCUT2D eigenvalue weighted by Crippen LogP contribution is -2.86. The van der Waals surface area contributed by atoms with Crippen molar-refractivity contribution in [3.8, 4) is 0 Å². The SMILES string of the molecule is C[Si]1(C)O[Si](C)(C)[Si](C)(C)[Si](C)(C)[Si](C)(C)O[Si]1(C)C. The molecule has 0 unspecified atom stereocenters. The predicted molar refractivity (Wildman–Crippen MR) is 107 cm³/mol. The molecule has 0 atom stereocenters. The Bertz CT molecular complexity index is 363. The molecular weight excluding hydrogens is 345 g/mol. The van der Waals surface area contributed by atoms with E-state index in [0.29, 0.717) is 0 Å². The molecule has 2 nitrogen and oxygen atoms in total. The van der Waals surface area contributed by atoms with E-state index in [9.17, 15) is 0 Å². The summed E-state index contributed by atoms with van der Waals surface area (Å²) in [5, 5.41) is 0. The highest BCUT2D eigenvalue weighted by atomic mass is 29.8. The Morgan fingerprint density at radius 2 is 0.550 bits per heavy atom. The van der Waals surface area contributed by atoms with Crippen LogP contribution in [-0.2, 0) is 8.23 Å². The minimum Gasteiger partial charge on any atom is -0.458 e. The van der Waals surface area contributed by atoms with Crippen LogP contribution in [-0.4, -0.2) is 45.6 Å². The van der Waals surface area contributed by atoms with E-state index in [0.717, 1.165) is 0 Å². The van der Waals surface area contributed by atoms with Gasteiger partial charge in [0.15, 0.2) is 31.3 Å². The molecule has 0 saturated carbocycles. The van der Waals surface area contributed by atoms with Crippen molar-refractivity contribution in [2.75, 3.05) is 0 Å². The van der Waals surface area contributed by atoms with Crippen LogP contribution in [0.3, 0.4) is 0 Å². The van der Waals surface area contributed by atoms with Crippen molar-refractivity contribution in [1.82, 2.24) is 0 Å². The standard InChI is InChI=1S/C12H36O2Si6/c1-15(2)13-17(5,6)19(9,10)20(11,12)18(7,8)14-16(15,3)4/h1-12H3. The molecule has 8 heteroatoms. The largest absolute Gasteiger partial charge is 0.458 e. The highest BCUT2D eigenvalue weighted by Gasteiger charge is 2.66. The van der Waals surface area contributed by atoms with Gasteiger partial charge in [0.2, 0.25) is 0 Å². The van der Waals surface area contributed by atoms with Gasteiger partial charge in [-0.15, -0.1) is 0 Å². The van der Waals surface area contributed by atoms with Crippen LogP contribution in [0.25, 0.3) is 0 Å². The fraction of sp³-hybridized carbons (Fsp3) is 1.00. The van der Waals surface area contributed by atoms with Gasteiger partial charge in [-0.25, -0.2) is 0 Å². The molecule has 1 aliphatic heterocycles. The van der Waals surface area contributed by atoms with Crippen LogP contribution in [0.2, 0.25) is 78.6 Å². The molecule has 0 aromatic heterocycles. The molecule has 0 N–H and O–H groups in total. The molecule has 0 aromatic rings. The molecule has 1 aliphatic rings. The maximum Gasteiger partial charge on any atom is 0.191 e. The number of hydrogen-bond acceptors (Lipinski definition) is 2. The fourth-order valence-corrected chi connectivity index (χ4v) is 95.7. The first-order chi connectivity index (χ1) is 8.41. The van der Waals surface area contributed by atoms with Gasteiger partial charge in [-0.2, -0.15) is 0 Å². The van der Waals surface area contributed by atoms with E-state index in [1.165, 1.54) is 0 Å². The summed E-state index contributed by atoms with van der Waals surface area (Å²) in [6, 6.07) is 0. The minimum atomic E-state index is -1.71. The quantitative estimate of drug-likeness (QED) is 0.572. The van der Waals surface area contributed by atoms with Gasteiger partial charge in [-0.1, -0.05) is 26.2 Å². The Hall–Kier alpha value is 1.22. The Morgan fingerprint density at radius 1 is 0.350 bits per heavy atom. The van der Waals surface area contributed by atoms with Crippen LogP contribution < -0.4 is 0 Å². The van der Waals surface area contributed by atoms with E-state index in [2.05, 4.69) is 78.6 Å². The van der Waals surface area contributed by atoms with Gasteiger partial charge >= 0.3 is 0 Å². The molecule has 0 bridgehead atoms. The normalized spacial score (nSPS) is 33.0. The Morgan fingerprint density at radius 3 is 0.750 bits per heavy atom. The van der Waals surface area contributed by atoms with Gasteiger partial charge in [0.25, 0.3) is 0 Å². The van der Waals surface area contributed by atoms with E-state index in [1.807, 2.05) is 0 Å². The summed E-state index contributed by atoms with van der Waals surface area (Å²) in [6.07, 6.45) is 0. The molecule has 0 radical (unpaired) electrons. The van der Waals surface area contributed by atoms with E-state index >= 15 is 0 Å². The van der Waals surface area contributed by atoms with Crippen LogP contribution >= 0.6 is 0 Å². The van der Waals surface area contributed by atoms with Gasteiger partial charge in [0.1, 0.15) is 0 Å². The van der Waals surface area contributed by atoms with Crippen molar-refractivity contribution in [2.45, 2.75) is 78.6 Å². The first-order valence-electron chi connectivity index (χ1n) is 7.82. The number of rotatable bonds is 0. The smallest absolute Gasteiger partial charge is 0.191 e. The molecule has 0 spiro atoms. The van der Waals surface area contributed by atoms with Crippen molar-refractivity contribution in [2.24, 2.45) is 0 Å². The maximum absolute atomic E-state index is 7.06. The zero-order valence-electron chi connectivity index (χ0n) is 15.8. The second kappa shape index (κ2) is 4.86. The van der Waals surface area contributed by atoms with Gasteiger partial charge in [-0.05, 0) is 52.4 Å². The molecule has 0 amide bonds. The van der Waals surface area contributed by atoms with E-state index in [1.54, 1.807) is 0 Å². The zero-order valence-corrected chi connectivity index (χ0v) is 21.8. The molecule has 1 fully saturated rings. The Balaban J connectivity index is 3.55. The Labute approximate surface area is 132 Å². The average Bonchev–Trinajstić information content (AvgIpc) is 2.11. The van der Waals surface area contributed by atoms with Crippen molar-refractivity contribution in [1.29, 1.82) is 0 Å². The summed E-state index contributed by atoms with van der Waals surface area (Å²) in [5.41, 5.74) is 0. The van der Waals surface area contributed by atoms with Crippen molar-refractivity contribution in [3.63, 3.8) is 0 Å². The van der Waals surface area contributed by atoms with Crippen molar-refractivity contribution >= 4 is 45.6 Å². The van der Waals surface area contributed by atoms with Crippen LogP contribution in [0.15, 0.2) is 0 Å². The highest BCUT2D eigenvalue weighted by molar-refractivity contribution is 7.82. The molecule has 20 heavy (non-hydrogen) atoms. The van der Waals surface area contributed by atoms with Crippen LogP contribution in [0, 0.1) is 0 Å². The Kier molecular flexibility index (Phi) is 4.68. The van der Waals surface area contributed by atoms with Gasteiger partial charge in [0, 0.05) is 0 Å². The van der Waals surface area contributed by atoms with Gasteiger partial charge in [0.05, 0.1) is 14.2 Å². The summed E-state index contributed by atoms with van der Waals surface area (Å²) in [5.74, 6) is 0. The lowest BCUT2D eigenvalue weighted by atomic mass is 11.9. The predicted octanol–water partition coefficient (Wildman–Crippen LogP) is 4.58. The molecule has 1 heterocycles. The minimum absolute atomic E-state index is 1.37. The molecule has 120 valence electrons. The van der Waals surface area contributed by atoms with E-state index in [-0.39, 0.29) is 0 Å². The number of hydrogen-bond donors (Lipinski definition) is 0.